The van der Waals surface area contributed by atoms with Crippen molar-refractivity contribution in [3.63, 3.8) is 0 Å². The van der Waals surface area contributed by atoms with E-state index in [9.17, 15) is 4.79 Å². The third kappa shape index (κ3) is 2.99. The summed E-state index contributed by atoms with van der Waals surface area (Å²) in [7, 11) is 0. The lowest BCUT2D eigenvalue weighted by Gasteiger charge is -2.07. The molecule has 0 aliphatic heterocycles. The van der Waals surface area contributed by atoms with Crippen LogP contribution >= 0.6 is 45.6 Å². The topological polar surface area (TPSA) is 45.8 Å². The molecule has 4 aromatic rings. The van der Waals surface area contributed by atoms with Crippen molar-refractivity contribution in [3.05, 3.63) is 60.1 Å². The van der Waals surface area contributed by atoms with Crippen LogP contribution in [0.15, 0.2) is 29.3 Å². The molecule has 7 heteroatoms. The lowest BCUT2D eigenvalue weighted by atomic mass is 9.98. The van der Waals surface area contributed by atoms with E-state index in [1.807, 2.05) is 6.07 Å². The molecule has 0 spiro atoms. The molecule has 0 aromatic carbocycles. The van der Waals surface area contributed by atoms with Crippen LogP contribution in [-0.4, -0.2) is 9.97 Å². The number of hydrogen-bond acceptors (Lipinski definition) is 5. The molecule has 0 saturated heterocycles. The van der Waals surface area contributed by atoms with E-state index in [0.717, 1.165) is 26.9 Å². The summed E-state index contributed by atoms with van der Waals surface area (Å²) in [6, 6.07) is 6.38. The Labute approximate surface area is 179 Å². The van der Waals surface area contributed by atoms with Gasteiger partial charge in [0.05, 0.1) is 16.0 Å². The molecule has 28 heavy (non-hydrogen) atoms. The third-order valence-corrected chi connectivity index (χ3v) is 8.72. The van der Waals surface area contributed by atoms with Gasteiger partial charge in [0.25, 0.3) is 5.56 Å². The number of aromatic amines is 1. The van der Waals surface area contributed by atoms with Crippen LogP contribution in [0.25, 0.3) is 31.1 Å². The van der Waals surface area contributed by atoms with Crippen molar-refractivity contribution in [2.45, 2.75) is 33.1 Å². The van der Waals surface area contributed by atoms with Gasteiger partial charge in [0, 0.05) is 19.5 Å². The van der Waals surface area contributed by atoms with Gasteiger partial charge in [-0.3, -0.25) is 4.79 Å². The van der Waals surface area contributed by atoms with Crippen LogP contribution in [0.1, 0.15) is 40.1 Å². The van der Waals surface area contributed by atoms with Gasteiger partial charge in [0.2, 0.25) is 0 Å². The summed E-state index contributed by atoms with van der Waals surface area (Å²) in [5.74, 6) is 0. The van der Waals surface area contributed by atoms with Crippen LogP contribution in [0.5, 0.6) is 0 Å². The van der Waals surface area contributed by atoms with Crippen molar-refractivity contribution in [2.24, 2.45) is 0 Å². The molecule has 1 aliphatic rings. The number of H-pyrrole nitrogens is 1. The van der Waals surface area contributed by atoms with E-state index in [1.54, 1.807) is 34.0 Å². The van der Waals surface area contributed by atoms with Crippen molar-refractivity contribution in [1.29, 1.82) is 0 Å². The average molecular weight is 445 g/mol. The Balaban J connectivity index is 1.63. The Morgan fingerprint density at radius 2 is 1.64 bits per heavy atom. The predicted molar refractivity (Wildman–Crippen MR) is 123 cm³/mol. The summed E-state index contributed by atoms with van der Waals surface area (Å²) in [6.45, 7) is 4.35. The SMILES string of the molecule is Cc1sc(Cl)cc1C1=C(c2cc(-c3cc4c(=O)[nH]cnc4s3)sc2C)CCC1. The van der Waals surface area contributed by atoms with E-state index >= 15 is 0 Å². The van der Waals surface area contributed by atoms with Gasteiger partial charge in [-0.25, -0.2) is 4.98 Å². The Bertz CT molecular complexity index is 1300. The Kier molecular flexibility index (Phi) is 4.55. The standard InChI is InChI=1S/C21H17ClN2OS3/c1-10-14(12-4-3-5-13(12)15-8-19(22)27-11(15)2)6-17(26-10)18-7-16-20(25)23-9-24-21(16)28-18/h6-9H,3-5H2,1-2H3,(H,23,24,25). The zero-order chi connectivity index (χ0) is 19.4. The fourth-order valence-corrected chi connectivity index (χ4v) is 7.31. The van der Waals surface area contributed by atoms with Crippen LogP contribution in [0.3, 0.4) is 0 Å². The van der Waals surface area contributed by atoms with Crippen molar-refractivity contribution >= 4 is 67.0 Å². The van der Waals surface area contributed by atoms with E-state index in [4.69, 9.17) is 11.6 Å². The first-order valence-corrected chi connectivity index (χ1v) is 11.9. The highest BCUT2D eigenvalue weighted by molar-refractivity contribution is 7.25. The highest BCUT2D eigenvalue weighted by Crippen LogP contribution is 2.47. The Hall–Kier alpha value is -1.73. The molecule has 5 rings (SSSR count). The lowest BCUT2D eigenvalue weighted by Crippen LogP contribution is -2.03. The van der Waals surface area contributed by atoms with Gasteiger partial charge in [-0.1, -0.05) is 11.6 Å². The van der Waals surface area contributed by atoms with Crippen molar-refractivity contribution in [2.75, 3.05) is 0 Å². The monoisotopic (exact) mass is 444 g/mol. The van der Waals surface area contributed by atoms with Gasteiger partial charge < -0.3 is 4.98 Å². The summed E-state index contributed by atoms with van der Waals surface area (Å²) in [5, 5.41) is 0.666. The summed E-state index contributed by atoms with van der Waals surface area (Å²) in [5.41, 5.74) is 5.48. The lowest BCUT2D eigenvalue weighted by molar-refractivity contribution is 0.941. The first-order chi connectivity index (χ1) is 13.5. The summed E-state index contributed by atoms with van der Waals surface area (Å²) in [4.78, 5) is 24.7. The number of hydrogen-bond donors (Lipinski definition) is 1. The zero-order valence-electron chi connectivity index (χ0n) is 15.4. The number of allylic oxidation sites excluding steroid dienone is 2. The minimum Gasteiger partial charge on any atom is -0.313 e. The number of halogens is 1. The molecular weight excluding hydrogens is 428 g/mol. The van der Waals surface area contributed by atoms with Crippen molar-refractivity contribution < 1.29 is 0 Å². The number of nitrogens with zero attached hydrogens (tertiary/aromatic N) is 1. The average Bonchev–Trinajstić information content (AvgIpc) is 3.40. The molecule has 1 aliphatic carbocycles. The van der Waals surface area contributed by atoms with Gasteiger partial charge >= 0.3 is 0 Å². The molecule has 0 atom stereocenters. The molecule has 0 saturated carbocycles. The van der Waals surface area contributed by atoms with Crippen molar-refractivity contribution in [3.8, 4) is 9.75 Å². The maximum atomic E-state index is 12.0. The van der Waals surface area contributed by atoms with Crippen LogP contribution in [-0.2, 0) is 0 Å². The second kappa shape index (κ2) is 6.95. The quantitative estimate of drug-likeness (QED) is 0.365. The summed E-state index contributed by atoms with van der Waals surface area (Å²) in [6.07, 6.45) is 4.87. The molecule has 3 nitrogen and oxygen atoms in total. The number of thiophene rings is 3. The molecule has 0 bridgehead atoms. The Morgan fingerprint density at radius 1 is 0.964 bits per heavy atom. The molecule has 0 amide bonds. The largest absolute Gasteiger partial charge is 0.313 e. The molecular formula is C21H17ClN2OS3. The second-order valence-corrected chi connectivity index (χ2v) is 11.1. The van der Waals surface area contributed by atoms with Gasteiger partial charge in [-0.15, -0.1) is 34.0 Å². The summed E-state index contributed by atoms with van der Waals surface area (Å²) < 4.78 is 0.858. The maximum Gasteiger partial charge on any atom is 0.259 e. The summed E-state index contributed by atoms with van der Waals surface area (Å²) >= 11 is 11.3. The number of aromatic nitrogens is 2. The number of nitrogens with one attached hydrogen (secondary N) is 1. The molecule has 0 fully saturated rings. The minimum atomic E-state index is -0.0772. The first-order valence-electron chi connectivity index (χ1n) is 9.08. The van der Waals surface area contributed by atoms with Gasteiger partial charge in [0.1, 0.15) is 4.83 Å². The maximum absolute atomic E-state index is 12.0. The smallest absolute Gasteiger partial charge is 0.259 e. The molecule has 142 valence electrons. The third-order valence-electron chi connectivity index (χ3n) is 5.25. The predicted octanol–water partition coefficient (Wildman–Crippen LogP) is 7.14. The Morgan fingerprint density at radius 3 is 2.32 bits per heavy atom. The van der Waals surface area contributed by atoms with Crippen LogP contribution in [0.4, 0.5) is 0 Å². The highest BCUT2D eigenvalue weighted by Gasteiger charge is 2.23. The van der Waals surface area contributed by atoms with Crippen molar-refractivity contribution in [1.82, 2.24) is 9.97 Å². The van der Waals surface area contributed by atoms with E-state index in [2.05, 4.69) is 35.9 Å². The van der Waals surface area contributed by atoms with E-state index in [0.29, 0.717) is 5.39 Å². The molecule has 1 N–H and O–H groups in total. The fraction of sp³-hybridized carbons (Fsp3) is 0.238. The number of rotatable bonds is 3. The second-order valence-electron chi connectivity index (χ2n) is 6.97. The highest BCUT2D eigenvalue weighted by atomic mass is 35.5. The van der Waals surface area contributed by atoms with Gasteiger partial charge in [-0.2, -0.15) is 0 Å². The van der Waals surface area contributed by atoms with Gasteiger partial charge in [-0.05, 0) is 73.6 Å². The fourth-order valence-electron chi connectivity index (χ4n) is 3.98. The molecule has 4 aromatic heterocycles. The number of fused-ring (bicyclic) bond motifs is 1. The van der Waals surface area contributed by atoms with E-state index < -0.39 is 0 Å². The molecule has 0 radical (unpaired) electrons. The first kappa shape index (κ1) is 18.3. The normalized spacial score (nSPS) is 14.5. The number of aryl methyl sites for hydroxylation is 2. The van der Waals surface area contributed by atoms with Crippen LogP contribution in [0.2, 0.25) is 4.34 Å². The zero-order valence-corrected chi connectivity index (χ0v) is 18.6. The van der Waals surface area contributed by atoms with E-state index in [1.165, 1.54) is 49.7 Å². The van der Waals surface area contributed by atoms with Gasteiger partial charge in [0.15, 0.2) is 0 Å². The minimum absolute atomic E-state index is 0.0772. The van der Waals surface area contributed by atoms with Crippen LogP contribution < -0.4 is 5.56 Å². The molecule has 0 unspecified atom stereocenters. The van der Waals surface area contributed by atoms with Crippen LogP contribution in [0, 0.1) is 13.8 Å². The van der Waals surface area contributed by atoms with E-state index in [-0.39, 0.29) is 5.56 Å². The molecule has 4 heterocycles.